The van der Waals surface area contributed by atoms with E-state index in [2.05, 4.69) is 23.7 Å². The van der Waals surface area contributed by atoms with Crippen molar-refractivity contribution in [3.8, 4) is 0 Å². The van der Waals surface area contributed by atoms with Crippen LogP contribution in [0.5, 0.6) is 0 Å². The summed E-state index contributed by atoms with van der Waals surface area (Å²) < 4.78 is 5.73. The third-order valence-electron chi connectivity index (χ3n) is 2.87. The zero-order valence-electron chi connectivity index (χ0n) is 10.4. The van der Waals surface area contributed by atoms with Crippen molar-refractivity contribution >= 4 is 22.8 Å². The van der Waals surface area contributed by atoms with Crippen LogP contribution in [-0.2, 0) is 0 Å². The Labute approximate surface area is 101 Å². The molecule has 0 saturated carbocycles. The van der Waals surface area contributed by atoms with E-state index >= 15 is 0 Å². The van der Waals surface area contributed by atoms with Crippen molar-refractivity contribution in [1.29, 1.82) is 0 Å². The quantitative estimate of drug-likeness (QED) is 0.806. The Morgan fingerprint density at radius 3 is 2.82 bits per heavy atom. The first-order valence-electron chi connectivity index (χ1n) is 6.16. The number of oxazole rings is 1. The molecule has 0 aliphatic heterocycles. The Morgan fingerprint density at radius 2 is 2.18 bits per heavy atom. The lowest BCUT2D eigenvalue weighted by molar-refractivity contribution is 0.563. The fraction of sp³-hybridized carbons (Fsp3) is 0.462. The molecule has 0 aliphatic rings. The van der Waals surface area contributed by atoms with Crippen molar-refractivity contribution in [3.05, 3.63) is 18.2 Å². The molecular weight excluding hydrogens is 214 g/mol. The molecule has 92 valence electrons. The lowest BCUT2D eigenvalue weighted by atomic mass is 10.3. The number of anilines is 2. The van der Waals surface area contributed by atoms with Gasteiger partial charge in [0, 0.05) is 13.1 Å². The number of fused-ring (bicyclic) bond motifs is 1. The SMILES string of the molecule is CCCCN(CC)c1nc2c(N)cccc2o1. The van der Waals surface area contributed by atoms with Gasteiger partial charge in [-0.25, -0.2) is 0 Å². The fourth-order valence-corrected chi connectivity index (χ4v) is 1.83. The maximum atomic E-state index is 5.87. The van der Waals surface area contributed by atoms with Crippen molar-refractivity contribution in [2.45, 2.75) is 26.7 Å². The third kappa shape index (κ3) is 2.35. The van der Waals surface area contributed by atoms with Gasteiger partial charge < -0.3 is 15.1 Å². The van der Waals surface area contributed by atoms with Gasteiger partial charge >= 0.3 is 0 Å². The molecule has 2 N–H and O–H groups in total. The molecule has 4 heteroatoms. The first kappa shape index (κ1) is 11.8. The summed E-state index contributed by atoms with van der Waals surface area (Å²) in [5.41, 5.74) is 8.06. The van der Waals surface area contributed by atoms with Crippen molar-refractivity contribution in [2.24, 2.45) is 0 Å². The molecule has 0 saturated heterocycles. The largest absolute Gasteiger partial charge is 0.423 e. The Balaban J connectivity index is 2.31. The van der Waals surface area contributed by atoms with Crippen LogP contribution in [-0.4, -0.2) is 18.1 Å². The molecule has 0 amide bonds. The van der Waals surface area contributed by atoms with Gasteiger partial charge in [0.1, 0.15) is 5.52 Å². The normalized spacial score (nSPS) is 10.9. The average molecular weight is 233 g/mol. The minimum absolute atomic E-state index is 0.670. The van der Waals surface area contributed by atoms with Gasteiger partial charge in [-0.1, -0.05) is 19.4 Å². The number of hydrogen-bond acceptors (Lipinski definition) is 4. The molecule has 0 radical (unpaired) electrons. The molecule has 0 aliphatic carbocycles. The highest BCUT2D eigenvalue weighted by Gasteiger charge is 2.13. The first-order chi connectivity index (χ1) is 8.26. The standard InChI is InChI=1S/C13H19N3O/c1-3-5-9-16(4-2)13-15-12-10(14)7-6-8-11(12)17-13/h6-8H,3-5,9,14H2,1-2H3. The average Bonchev–Trinajstić information content (AvgIpc) is 2.75. The minimum Gasteiger partial charge on any atom is -0.423 e. The van der Waals surface area contributed by atoms with Gasteiger partial charge in [-0.15, -0.1) is 0 Å². The maximum Gasteiger partial charge on any atom is 0.298 e. The minimum atomic E-state index is 0.670. The molecule has 1 aromatic heterocycles. The molecule has 1 aromatic carbocycles. The van der Waals surface area contributed by atoms with Crippen molar-refractivity contribution in [2.75, 3.05) is 23.7 Å². The van der Waals surface area contributed by atoms with Crippen LogP contribution in [0.4, 0.5) is 11.7 Å². The van der Waals surface area contributed by atoms with Crippen LogP contribution in [0.25, 0.3) is 11.1 Å². The lowest BCUT2D eigenvalue weighted by Crippen LogP contribution is -2.23. The van der Waals surface area contributed by atoms with E-state index in [1.54, 1.807) is 0 Å². The summed E-state index contributed by atoms with van der Waals surface area (Å²) >= 11 is 0. The van der Waals surface area contributed by atoms with E-state index in [1.807, 2.05) is 18.2 Å². The molecular formula is C13H19N3O. The number of rotatable bonds is 5. The highest BCUT2D eigenvalue weighted by atomic mass is 16.4. The zero-order chi connectivity index (χ0) is 12.3. The second-order valence-electron chi connectivity index (χ2n) is 4.12. The molecule has 17 heavy (non-hydrogen) atoms. The van der Waals surface area contributed by atoms with Gasteiger partial charge in [-0.2, -0.15) is 4.98 Å². The summed E-state index contributed by atoms with van der Waals surface area (Å²) in [5, 5.41) is 0. The number of hydrogen-bond donors (Lipinski definition) is 1. The van der Waals surface area contributed by atoms with Gasteiger partial charge in [0.25, 0.3) is 6.01 Å². The Morgan fingerprint density at radius 1 is 1.35 bits per heavy atom. The summed E-state index contributed by atoms with van der Waals surface area (Å²) in [7, 11) is 0. The summed E-state index contributed by atoms with van der Waals surface area (Å²) in [6.07, 6.45) is 2.31. The number of unbranched alkanes of at least 4 members (excludes halogenated alkanes) is 1. The molecule has 4 nitrogen and oxygen atoms in total. The van der Waals surface area contributed by atoms with Crippen LogP contribution in [0.1, 0.15) is 26.7 Å². The van der Waals surface area contributed by atoms with Gasteiger partial charge in [0.05, 0.1) is 5.69 Å². The first-order valence-corrected chi connectivity index (χ1v) is 6.16. The van der Waals surface area contributed by atoms with Crippen LogP contribution >= 0.6 is 0 Å². The summed E-state index contributed by atoms with van der Waals surface area (Å²) in [6, 6.07) is 6.30. The smallest absolute Gasteiger partial charge is 0.298 e. The van der Waals surface area contributed by atoms with E-state index in [0.717, 1.165) is 30.6 Å². The molecule has 0 fully saturated rings. The monoisotopic (exact) mass is 233 g/mol. The van der Waals surface area contributed by atoms with E-state index in [-0.39, 0.29) is 0 Å². The number of para-hydroxylation sites is 1. The molecule has 0 atom stereocenters. The summed E-state index contributed by atoms with van der Waals surface area (Å²) in [5.74, 6) is 0. The van der Waals surface area contributed by atoms with Crippen LogP contribution < -0.4 is 10.6 Å². The van der Waals surface area contributed by atoms with Gasteiger partial charge in [0.15, 0.2) is 5.58 Å². The van der Waals surface area contributed by atoms with Crippen molar-refractivity contribution in [1.82, 2.24) is 4.98 Å². The van der Waals surface area contributed by atoms with E-state index < -0.39 is 0 Å². The second kappa shape index (κ2) is 5.08. The molecule has 0 spiro atoms. The third-order valence-corrected chi connectivity index (χ3v) is 2.87. The number of benzene rings is 1. The number of aromatic nitrogens is 1. The predicted octanol–water partition coefficient (Wildman–Crippen LogP) is 3.04. The number of nitrogens with two attached hydrogens (primary N) is 1. The molecule has 1 heterocycles. The van der Waals surface area contributed by atoms with Gasteiger partial charge in [-0.3, -0.25) is 0 Å². The van der Waals surface area contributed by atoms with Gasteiger partial charge in [-0.05, 0) is 25.5 Å². The fourth-order valence-electron chi connectivity index (χ4n) is 1.83. The number of nitrogens with zero attached hydrogens (tertiary/aromatic N) is 2. The highest BCUT2D eigenvalue weighted by molar-refractivity contribution is 5.86. The van der Waals surface area contributed by atoms with Crippen LogP contribution in [0.15, 0.2) is 22.6 Å². The number of nitrogen functional groups attached to an aromatic ring is 1. The Hall–Kier alpha value is -1.71. The van der Waals surface area contributed by atoms with Crippen LogP contribution in [0, 0.1) is 0 Å². The Bertz CT molecular complexity index is 492. The van der Waals surface area contributed by atoms with E-state index in [0.29, 0.717) is 11.7 Å². The lowest BCUT2D eigenvalue weighted by Gasteiger charge is -2.17. The van der Waals surface area contributed by atoms with Crippen LogP contribution in [0.2, 0.25) is 0 Å². The highest BCUT2D eigenvalue weighted by Crippen LogP contribution is 2.25. The summed E-state index contributed by atoms with van der Waals surface area (Å²) in [6.45, 7) is 6.15. The predicted molar refractivity (Wildman–Crippen MR) is 71.2 cm³/mol. The van der Waals surface area contributed by atoms with Crippen molar-refractivity contribution in [3.63, 3.8) is 0 Å². The van der Waals surface area contributed by atoms with Gasteiger partial charge in [0.2, 0.25) is 0 Å². The van der Waals surface area contributed by atoms with Crippen LogP contribution in [0.3, 0.4) is 0 Å². The maximum absolute atomic E-state index is 5.87. The zero-order valence-corrected chi connectivity index (χ0v) is 10.4. The van der Waals surface area contributed by atoms with E-state index in [9.17, 15) is 0 Å². The molecule has 2 aromatic rings. The van der Waals surface area contributed by atoms with E-state index in [1.165, 1.54) is 6.42 Å². The molecule has 2 rings (SSSR count). The Kier molecular flexibility index (Phi) is 3.52. The topological polar surface area (TPSA) is 55.3 Å². The molecule has 0 bridgehead atoms. The second-order valence-corrected chi connectivity index (χ2v) is 4.12. The van der Waals surface area contributed by atoms with Crippen molar-refractivity contribution < 1.29 is 4.42 Å². The summed E-state index contributed by atoms with van der Waals surface area (Å²) in [4.78, 5) is 6.61. The molecule has 0 unspecified atom stereocenters. The van der Waals surface area contributed by atoms with E-state index in [4.69, 9.17) is 10.2 Å².